The average Bonchev–Trinajstić information content (AvgIpc) is 3.16. The van der Waals surface area contributed by atoms with Crippen LogP contribution in [0.2, 0.25) is 0 Å². The van der Waals surface area contributed by atoms with E-state index in [1.807, 2.05) is 30.3 Å². The molecule has 2 aromatic rings. The molecule has 2 heterocycles. The Labute approximate surface area is 146 Å². The number of hydrazone groups is 1. The number of ether oxygens (including phenoxy) is 2. The van der Waals surface area contributed by atoms with E-state index in [1.54, 1.807) is 31.4 Å². The van der Waals surface area contributed by atoms with Crippen molar-refractivity contribution in [3.8, 4) is 5.75 Å². The molecule has 0 unspecified atom stereocenters. The van der Waals surface area contributed by atoms with Crippen LogP contribution in [0.1, 0.15) is 28.8 Å². The maximum Gasteiger partial charge on any atom is 0.276 e. The van der Waals surface area contributed by atoms with Crippen LogP contribution in [-0.2, 0) is 4.74 Å². The van der Waals surface area contributed by atoms with Gasteiger partial charge in [0.05, 0.1) is 12.8 Å². The average molecular weight is 336 g/mol. The summed E-state index contributed by atoms with van der Waals surface area (Å²) in [6.45, 7) is 0.666. The summed E-state index contributed by atoms with van der Waals surface area (Å²) < 4.78 is 11.0. The van der Waals surface area contributed by atoms with Gasteiger partial charge in [0.25, 0.3) is 5.91 Å². The van der Waals surface area contributed by atoms with Gasteiger partial charge in [-0.3, -0.25) is 4.79 Å². The Hall–Kier alpha value is -2.66. The van der Waals surface area contributed by atoms with Gasteiger partial charge in [-0.2, -0.15) is 10.1 Å². The van der Waals surface area contributed by atoms with Crippen molar-refractivity contribution in [2.24, 2.45) is 11.0 Å². The van der Waals surface area contributed by atoms with Crippen LogP contribution < -0.4 is 4.74 Å². The highest BCUT2D eigenvalue weighted by atomic mass is 16.5. The molecule has 0 aliphatic carbocycles. The molecule has 2 aliphatic heterocycles. The second kappa shape index (κ2) is 6.69. The highest BCUT2D eigenvalue weighted by Crippen LogP contribution is 2.34. The van der Waals surface area contributed by atoms with E-state index in [9.17, 15) is 4.79 Å². The molecule has 5 nitrogen and oxygen atoms in total. The predicted molar refractivity (Wildman–Crippen MR) is 94.6 cm³/mol. The zero-order chi connectivity index (χ0) is 17.2. The summed E-state index contributed by atoms with van der Waals surface area (Å²) in [5.41, 5.74) is 2.57. The minimum atomic E-state index is -0.276. The van der Waals surface area contributed by atoms with E-state index in [0.717, 1.165) is 29.9 Å². The van der Waals surface area contributed by atoms with E-state index in [2.05, 4.69) is 5.10 Å². The summed E-state index contributed by atoms with van der Waals surface area (Å²) in [6, 6.07) is 17.1. The maximum atomic E-state index is 13.0. The number of benzene rings is 2. The van der Waals surface area contributed by atoms with E-state index in [0.29, 0.717) is 12.2 Å². The first-order valence-electron chi connectivity index (χ1n) is 8.48. The zero-order valence-corrected chi connectivity index (χ0v) is 14.1. The van der Waals surface area contributed by atoms with Gasteiger partial charge in [-0.15, -0.1) is 0 Å². The van der Waals surface area contributed by atoms with Gasteiger partial charge in [-0.1, -0.05) is 30.3 Å². The lowest BCUT2D eigenvalue weighted by Crippen LogP contribution is -2.44. The third-order valence-corrected chi connectivity index (χ3v) is 4.76. The van der Waals surface area contributed by atoms with Gasteiger partial charge < -0.3 is 9.47 Å². The van der Waals surface area contributed by atoms with E-state index in [4.69, 9.17) is 9.47 Å². The molecule has 0 bridgehead atoms. The summed E-state index contributed by atoms with van der Waals surface area (Å²) in [5, 5.41) is 6.18. The minimum absolute atomic E-state index is 0.146. The number of fused-ring (bicyclic) bond motifs is 1. The number of hydrogen-bond donors (Lipinski definition) is 0. The lowest BCUT2D eigenvalue weighted by atomic mass is 9.93. The summed E-state index contributed by atoms with van der Waals surface area (Å²) in [7, 11) is 1.61. The van der Waals surface area contributed by atoms with Gasteiger partial charge in [0.1, 0.15) is 5.75 Å². The quantitative estimate of drug-likeness (QED) is 0.864. The Morgan fingerprint density at radius 2 is 1.92 bits per heavy atom. The van der Waals surface area contributed by atoms with Crippen molar-refractivity contribution in [1.29, 1.82) is 0 Å². The van der Waals surface area contributed by atoms with Gasteiger partial charge in [0.2, 0.25) is 0 Å². The number of methoxy groups -OCH3 is 1. The second-order valence-electron chi connectivity index (χ2n) is 6.31. The van der Waals surface area contributed by atoms with Crippen LogP contribution >= 0.6 is 0 Å². The Kier molecular flexibility index (Phi) is 4.24. The molecule has 0 radical (unpaired) electrons. The van der Waals surface area contributed by atoms with Crippen molar-refractivity contribution in [2.75, 3.05) is 13.7 Å². The first kappa shape index (κ1) is 15.8. The van der Waals surface area contributed by atoms with Crippen molar-refractivity contribution >= 4 is 11.6 Å². The number of rotatable bonds is 3. The lowest BCUT2D eigenvalue weighted by Gasteiger charge is -2.33. The van der Waals surface area contributed by atoms with Crippen LogP contribution in [0, 0.1) is 5.92 Å². The molecule has 2 aromatic carbocycles. The molecule has 1 fully saturated rings. The molecule has 0 aromatic heterocycles. The van der Waals surface area contributed by atoms with E-state index in [1.165, 1.54) is 5.01 Å². The van der Waals surface area contributed by atoms with Crippen LogP contribution in [0.25, 0.3) is 0 Å². The fraction of sp³-hybridized carbons (Fsp3) is 0.300. The van der Waals surface area contributed by atoms with Crippen LogP contribution in [0.3, 0.4) is 0 Å². The molecule has 5 heteroatoms. The van der Waals surface area contributed by atoms with Crippen molar-refractivity contribution in [3.63, 3.8) is 0 Å². The van der Waals surface area contributed by atoms with Crippen LogP contribution in [-0.4, -0.2) is 36.6 Å². The monoisotopic (exact) mass is 336 g/mol. The van der Waals surface area contributed by atoms with Gasteiger partial charge in [-0.05, 0) is 42.7 Å². The fourth-order valence-electron chi connectivity index (χ4n) is 3.40. The second-order valence-corrected chi connectivity index (χ2v) is 6.31. The SMILES string of the molecule is COc1ccc(C(=O)N2N=C(c3ccccc3)C[C@H]3CCO[C@H]32)cc1. The Balaban J connectivity index is 1.68. The first-order chi connectivity index (χ1) is 12.3. The molecule has 1 amide bonds. The molecular formula is C20H20N2O3. The highest BCUT2D eigenvalue weighted by Gasteiger charge is 2.40. The normalized spacial score (nSPS) is 22.3. The van der Waals surface area contributed by atoms with Gasteiger partial charge >= 0.3 is 0 Å². The summed E-state index contributed by atoms with van der Waals surface area (Å²) in [4.78, 5) is 13.0. The van der Waals surface area contributed by atoms with Crippen LogP contribution in [0.15, 0.2) is 59.7 Å². The van der Waals surface area contributed by atoms with Crippen LogP contribution in [0.5, 0.6) is 5.75 Å². The molecule has 0 N–H and O–H groups in total. The van der Waals surface area contributed by atoms with E-state index >= 15 is 0 Å². The van der Waals surface area contributed by atoms with E-state index < -0.39 is 0 Å². The number of carbonyl (C=O) groups excluding carboxylic acids is 1. The third-order valence-electron chi connectivity index (χ3n) is 4.76. The largest absolute Gasteiger partial charge is 0.497 e. The lowest BCUT2D eigenvalue weighted by molar-refractivity contribution is -0.0309. The summed E-state index contributed by atoms with van der Waals surface area (Å²) in [5.74, 6) is 0.862. The fourth-order valence-corrected chi connectivity index (χ4v) is 3.40. The molecule has 0 spiro atoms. The Morgan fingerprint density at radius 3 is 2.64 bits per heavy atom. The third kappa shape index (κ3) is 3.03. The maximum absolute atomic E-state index is 13.0. The summed E-state index contributed by atoms with van der Waals surface area (Å²) in [6.07, 6.45) is 1.51. The summed E-state index contributed by atoms with van der Waals surface area (Å²) >= 11 is 0. The number of carbonyl (C=O) groups is 1. The topological polar surface area (TPSA) is 51.1 Å². The number of amides is 1. The predicted octanol–water partition coefficient (Wildman–Crippen LogP) is 3.31. The molecule has 4 rings (SSSR count). The van der Waals surface area contributed by atoms with E-state index in [-0.39, 0.29) is 18.1 Å². The molecule has 2 atom stereocenters. The number of hydrogen-bond acceptors (Lipinski definition) is 4. The smallest absolute Gasteiger partial charge is 0.276 e. The standard InChI is InChI=1S/C20H20N2O3/c1-24-17-9-7-15(8-10-17)19(23)22-20-16(11-12-25-20)13-18(21-22)14-5-3-2-4-6-14/h2-10,16,20H,11-13H2,1H3/t16-,20-/m1/s1. The molecular weight excluding hydrogens is 316 g/mol. The van der Waals surface area contributed by atoms with Crippen molar-refractivity contribution in [3.05, 3.63) is 65.7 Å². The van der Waals surface area contributed by atoms with Crippen molar-refractivity contribution < 1.29 is 14.3 Å². The zero-order valence-electron chi connectivity index (χ0n) is 14.1. The van der Waals surface area contributed by atoms with Crippen LogP contribution in [0.4, 0.5) is 0 Å². The molecule has 1 saturated heterocycles. The molecule has 128 valence electrons. The van der Waals surface area contributed by atoms with Crippen molar-refractivity contribution in [2.45, 2.75) is 19.1 Å². The Morgan fingerprint density at radius 1 is 1.16 bits per heavy atom. The highest BCUT2D eigenvalue weighted by molar-refractivity contribution is 6.03. The van der Waals surface area contributed by atoms with Gasteiger partial charge in [0.15, 0.2) is 6.23 Å². The minimum Gasteiger partial charge on any atom is -0.497 e. The van der Waals surface area contributed by atoms with Gasteiger partial charge in [0, 0.05) is 18.1 Å². The Bertz CT molecular complexity index is 786. The molecule has 2 aliphatic rings. The molecule has 0 saturated carbocycles. The van der Waals surface area contributed by atoms with Crippen molar-refractivity contribution in [1.82, 2.24) is 5.01 Å². The number of nitrogens with zero attached hydrogens (tertiary/aromatic N) is 2. The molecule has 25 heavy (non-hydrogen) atoms. The first-order valence-corrected chi connectivity index (χ1v) is 8.48. The van der Waals surface area contributed by atoms with Gasteiger partial charge in [-0.25, -0.2) is 0 Å².